The van der Waals surface area contributed by atoms with Gasteiger partial charge in [0.2, 0.25) is 11.1 Å². The fourth-order valence-corrected chi connectivity index (χ4v) is 3.31. The highest BCUT2D eigenvalue weighted by Gasteiger charge is 2.17. The summed E-state index contributed by atoms with van der Waals surface area (Å²) in [5.41, 5.74) is 3.43. The number of hydrogen-bond donors (Lipinski definition) is 2. The Morgan fingerprint density at radius 3 is 2.62 bits per heavy atom. The van der Waals surface area contributed by atoms with Crippen molar-refractivity contribution in [2.24, 2.45) is 0 Å². The van der Waals surface area contributed by atoms with Crippen LogP contribution in [0.4, 0.5) is 5.69 Å². The van der Waals surface area contributed by atoms with Crippen molar-refractivity contribution in [3.05, 3.63) is 46.8 Å². The molecule has 0 saturated heterocycles. The van der Waals surface area contributed by atoms with Crippen molar-refractivity contribution in [1.82, 2.24) is 24.7 Å². The van der Waals surface area contributed by atoms with Crippen LogP contribution >= 0.6 is 11.8 Å². The second-order valence-corrected chi connectivity index (χ2v) is 7.29. The standard InChI is InChI=1S/C18H21N7O3S/c1-10-5-6-13(16(27)28-4)8-14(10)20-15(26)9-29-18-22-21-17(24(18)19)25-12(3)7-11(2)23-25/h5-8H,9,19H2,1-4H3,(H,20,26). The fraction of sp³-hybridized carbons (Fsp3) is 0.278. The van der Waals surface area contributed by atoms with Gasteiger partial charge in [-0.15, -0.1) is 10.2 Å². The van der Waals surface area contributed by atoms with Crippen molar-refractivity contribution in [3.8, 4) is 5.95 Å². The number of rotatable bonds is 6. The first-order valence-electron chi connectivity index (χ1n) is 8.66. The SMILES string of the molecule is COC(=O)c1ccc(C)c(NC(=O)CSc2nnc(-n3nc(C)cc3C)n2N)c1. The Morgan fingerprint density at radius 2 is 1.97 bits per heavy atom. The second kappa shape index (κ2) is 8.35. The number of carbonyl (C=O) groups excluding carboxylic acids is 2. The van der Waals surface area contributed by atoms with Crippen LogP contribution in [0.5, 0.6) is 0 Å². The van der Waals surface area contributed by atoms with Gasteiger partial charge in [-0.25, -0.2) is 14.2 Å². The Balaban J connectivity index is 1.68. The molecule has 3 aromatic rings. The molecule has 0 unspecified atom stereocenters. The van der Waals surface area contributed by atoms with Crippen LogP contribution in [0.15, 0.2) is 29.4 Å². The monoisotopic (exact) mass is 415 g/mol. The number of amides is 1. The van der Waals surface area contributed by atoms with Crippen LogP contribution in [0.2, 0.25) is 0 Å². The molecule has 0 fully saturated rings. The number of methoxy groups -OCH3 is 1. The number of thioether (sulfide) groups is 1. The highest BCUT2D eigenvalue weighted by atomic mass is 32.2. The molecule has 2 aromatic heterocycles. The van der Waals surface area contributed by atoms with E-state index in [1.165, 1.54) is 11.8 Å². The van der Waals surface area contributed by atoms with Gasteiger partial charge in [0.25, 0.3) is 5.95 Å². The molecule has 0 bridgehead atoms. The number of nitrogens with zero attached hydrogens (tertiary/aromatic N) is 5. The van der Waals surface area contributed by atoms with Gasteiger partial charge in [-0.1, -0.05) is 17.8 Å². The van der Waals surface area contributed by atoms with E-state index in [9.17, 15) is 9.59 Å². The van der Waals surface area contributed by atoms with E-state index < -0.39 is 5.97 Å². The van der Waals surface area contributed by atoms with Gasteiger partial charge in [-0.05, 0) is 44.5 Å². The molecule has 0 aliphatic rings. The topological polar surface area (TPSA) is 130 Å². The first-order chi connectivity index (χ1) is 13.8. The van der Waals surface area contributed by atoms with Crippen molar-refractivity contribution >= 4 is 29.3 Å². The summed E-state index contributed by atoms with van der Waals surface area (Å²) in [6, 6.07) is 6.87. The lowest BCUT2D eigenvalue weighted by molar-refractivity contribution is -0.113. The smallest absolute Gasteiger partial charge is 0.337 e. The molecule has 152 valence electrons. The summed E-state index contributed by atoms with van der Waals surface area (Å²) >= 11 is 1.14. The molecule has 2 heterocycles. The number of benzene rings is 1. The summed E-state index contributed by atoms with van der Waals surface area (Å²) < 4.78 is 7.59. The molecule has 0 radical (unpaired) electrons. The highest BCUT2D eigenvalue weighted by Crippen LogP contribution is 2.20. The van der Waals surface area contributed by atoms with E-state index in [2.05, 4.69) is 20.6 Å². The number of hydrogen-bond acceptors (Lipinski definition) is 8. The number of carbonyl (C=O) groups is 2. The Labute approximate surface area is 171 Å². The van der Waals surface area contributed by atoms with Gasteiger partial charge in [-0.3, -0.25) is 4.79 Å². The number of nitrogens with two attached hydrogens (primary N) is 1. The van der Waals surface area contributed by atoms with Crippen LogP contribution in [0, 0.1) is 20.8 Å². The van der Waals surface area contributed by atoms with E-state index in [1.807, 2.05) is 26.8 Å². The molecule has 3 N–H and O–H groups in total. The van der Waals surface area contributed by atoms with Gasteiger partial charge in [0.05, 0.1) is 24.1 Å². The fourth-order valence-electron chi connectivity index (χ4n) is 2.66. The van der Waals surface area contributed by atoms with Crippen molar-refractivity contribution in [1.29, 1.82) is 0 Å². The average molecular weight is 415 g/mol. The van der Waals surface area contributed by atoms with Crippen molar-refractivity contribution in [2.75, 3.05) is 24.0 Å². The van der Waals surface area contributed by atoms with Crippen LogP contribution in [0.1, 0.15) is 27.3 Å². The molecule has 0 spiro atoms. The Bertz CT molecular complexity index is 1070. The molecule has 1 amide bonds. The number of nitrogen functional groups attached to an aromatic ring is 1. The highest BCUT2D eigenvalue weighted by molar-refractivity contribution is 7.99. The van der Waals surface area contributed by atoms with Crippen LogP contribution in [0.3, 0.4) is 0 Å². The van der Waals surface area contributed by atoms with Crippen molar-refractivity contribution < 1.29 is 14.3 Å². The van der Waals surface area contributed by atoms with Crippen molar-refractivity contribution in [2.45, 2.75) is 25.9 Å². The second-order valence-electron chi connectivity index (χ2n) is 6.35. The number of anilines is 1. The predicted molar refractivity (Wildman–Crippen MR) is 109 cm³/mol. The van der Waals surface area contributed by atoms with Gasteiger partial charge in [0.1, 0.15) is 0 Å². The third-order valence-electron chi connectivity index (χ3n) is 4.11. The molecule has 3 rings (SSSR count). The molecule has 10 nitrogen and oxygen atoms in total. The van der Waals surface area contributed by atoms with E-state index in [4.69, 9.17) is 10.6 Å². The third kappa shape index (κ3) is 4.40. The first-order valence-corrected chi connectivity index (χ1v) is 9.64. The van der Waals surface area contributed by atoms with Gasteiger partial charge in [0, 0.05) is 11.4 Å². The number of aryl methyl sites for hydroxylation is 3. The van der Waals surface area contributed by atoms with Gasteiger partial charge in [-0.2, -0.15) is 5.10 Å². The van der Waals surface area contributed by atoms with Gasteiger partial charge < -0.3 is 15.9 Å². The van der Waals surface area contributed by atoms with E-state index >= 15 is 0 Å². The lowest BCUT2D eigenvalue weighted by Crippen LogP contribution is -2.19. The number of aromatic nitrogens is 5. The summed E-state index contributed by atoms with van der Waals surface area (Å²) in [5, 5.41) is 15.6. The molecule has 0 atom stereocenters. The normalized spacial score (nSPS) is 10.8. The molecule has 1 aromatic carbocycles. The number of ether oxygens (including phenoxy) is 1. The van der Waals surface area contributed by atoms with Crippen LogP contribution in [-0.4, -0.2) is 49.4 Å². The van der Waals surface area contributed by atoms with E-state index in [0.717, 1.165) is 28.7 Å². The summed E-state index contributed by atoms with van der Waals surface area (Å²) in [6.45, 7) is 5.60. The molecular weight excluding hydrogens is 394 g/mol. The lowest BCUT2D eigenvalue weighted by atomic mass is 10.1. The average Bonchev–Trinajstić information content (AvgIpc) is 3.21. The van der Waals surface area contributed by atoms with Gasteiger partial charge >= 0.3 is 5.97 Å². The summed E-state index contributed by atoms with van der Waals surface area (Å²) in [4.78, 5) is 24.0. The zero-order chi connectivity index (χ0) is 21.1. The summed E-state index contributed by atoms with van der Waals surface area (Å²) in [7, 11) is 1.31. The minimum Gasteiger partial charge on any atom is -0.465 e. The third-order valence-corrected chi connectivity index (χ3v) is 5.05. The molecule has 0 aliphatic carbocycles. The maximum Gasteiger partial charge on any atom is 0.337 e. The van der Waals surface area contributed by atoms with E-state index in [-0.39, 0.29) is 11.7 Å². The van der Waals surface area contributed by atoms with E-state index in [0.29, 0.717) is 22.4 Å². The minimum atomic E-state index is -0.470. The Hall–Kier alpha value is -3.34. The zero-order valence-corrected chi connectivity index (χ0v) is 17.3. The quantitative estimate of drug-likeness (QED) is 0.353. The molecule has 29 heavy (non-hydrogen) atoms. The minimum absolute atomic E-state index is 0.0638. The predicted octanol–water partition coefficient (Wildman–Crippen LogP) is 1.62. The zero-order valence-electron chi connectivity index (χ0n) is 16.5. The maximum atomic E-state index is 12.4. The van der Waals surface area contributed by atoms with E-state index in [1.54, 1.807) is 22.9 Å². The number of esters is 1. The molecule has 0 saturated carbocycles. The largest absolute Gasteiger partial charge is 0.465 e. The van der Waals surface area contributed by atoms with Crippen LogP contribution < -0.4 is 11.2 Å². The van der Waals surface area contributed by atoms with Crippen molar-refractivity contribution in [3.63, 3.8) is 0 Å². The summed E-state index contributed by atoms with van der Waals surface area (Å²) in [6.07, 6.45) is 0. The van der Waals surface area contributed by atoms with Crippen LogP contribution in [-0.2, 0) is 9.53 Å². The van der Waals surface area contributed by atoms with Gasteiger partial charge in [0.15, 0.2) is 0 Å². The summed E-state index contributed by atoms with van der Waals surface area (Å²) in [5.74, 6) is 5.76. The van der Waals surface area contributed by atoms with Crippen LogP contribution in [0.25, 0.3) is 5.95 Å². The molecule has 11 heteroatoms. The Kier molecular flexibility index (Phi) is 5.87. The molecule has 0 aliphatic heterocycles. The first kappa shape index (κ1) is 20.4. The lowest BCUT2D eigenvalue weighted by Gasteiger charge is -2.10. The maximum absolute atomic E-state index is 12.4. The number of nitrogens with one attached hydrogen (secondary N) is 1. The Morgan fingerprint density at radius 1 is 1.21 bits per heavy atom. The molecular formula is C18H21N7O3S.